The Balaban J connectivity index is 2.57. The van der Waals surface area contributed by atoms with Crippen molar-refractivity contribution < 1.29 is 19.1 Å². The molecule has 43 heavy (non-hydrogen) atoms. The Morgan fingerprint density at radius 3 is 1.79 bits per heavy atom. The van der Waals surface area contributed by atoms with E-state index in [9.17, 15) is 9.59 Å². The molecule has 1 rings (SSSR count). The second kappa shape index (κ2) is 21.9. The minimum atomic E-state index is -0.705. The molecule has 0 unspecified atom stereocenters. The van der Waals surface area contributed by atoms with Crippen LogP contribution in [0, 0.1) is 0 Å². The van der Waals surface area contributed by atoms with E-state index < -0.39 is 23.4 Å². The second-order valence-electron chi connectivity index (χ2n) is 13.2. The Labute approximate surface area is 261 Å². The fraction of sp³-hybridized carbons (Fsp3) is 0.735. The normalized spacial score (nSPS) is 12.2. The highest BCUT2D eigenvalue weighted by Gasteiger charge is 2.28. The molecule has 4 N–H and O–H groups in total. The summed E-state index contributed by atoms with van der Waals surface area (Å²) < 4.78 is 11.1. The lowest BCUT2D eigenvalue weighted by molar-refractivity contribution is 0.0347. The molecule has 9 nitrogen and oxygen atoms in total. The van der Waals surface area contributed by atoms with Crippen LogP contribution in [0.2, 0.25) is 0 Å². The minimum Gasteiger partial charge on any atom is -0.444 e. The van der Waals surface area contributed by atoms with Gasteiger partial charge in [0, 0.05) is 6.54 Å². The number of nitrogens with one attached hydrogen (secondary N) is 2. The van der Waals surface area contributed by atoms with Crippen molar-refractivity contribution in [2.75, 3.05) is 26.2 Å². The highest BCUT2D eigenvalue weighted by Crippen LogP contribution is 2.15. The summed E-state index contributed by atoms with van der Waals surface area (Å²) in [5.41, 5.74) is 5.03. The van der Waals surface area contributed by atoms with E-state index in [1.54, 1.807) is 20.8 Å². The van der Waals surface area contributed by atoms with Gasteiger partial charge in [0.05, 0.1) is 6.54 Å². The number of guanidine groups is 1. The van der Waals surface area contributed by atoms with E-state index in [2.05, 4.69) is 15.6 Å². The van der Waals surface area contributed by atoms with Crippen molar-refractivity contribution in [3.63, 3.8) is 0 Å². The van der Waals surface area contributed by atoms with Gasteiger partial charge in [-0.15, -0.1) is 0 Å². The van der Waals surface area contributed by atoms with Crippen LogP contribution in [0.4, 0.5) is 9.59 Å². The molecule has 1 aromatic rings. The monoisotopic (exact) mass is 603 g/mol. The molecule has 0 aliphatic heterocycles. The van der Waals surface area contributed by atoms with Crippen LogP contribution in [-0.4, -0.2) is 60.4 Å². The first-order chi connectivity index (χ1) is 20.4. The van der Waals surface area contributed by atoms with Crippen LogP contribution >= 0.6 is 0 Å². The van der Waals surface area contributed by atoms with Crippen molar-refractivity contribution in [2.24, 2.45) is 10.7 Å². The first kappa shape index (κ1) is 38.4. The Morgan fingerprint density at radius 2 is 1.26 bits per heavy atom. The van der Waals surface area contributed by atoms with Gasteiger partial charge in [-0.1, -0.05) is 81.7 Å². The maximum absolute atomic E-state index is 13.3. The summed E-state index contributed by atoms with van der Waals surface area (Å²) in [6, 6.07) is 9.57. The van der Waals surface area contributed by atoms with Gasteiger partial charge in [0.15, 0.2) is 0 Å². The standard InChI is InChI=1S/C34H61N5O4/c1-33(2,3)42-31(40)38-30(39(32(41)43-34(4,5)6)28-29-22-16-15-17-23-29)37-27-21-14-10-9-13-20-26-36-25-19-12-8-7-11-18-24-35/h15-17,22-23,36H,7-14,18-21,24-28,35H2,1-6H3,(H,37,38,40). The number of nitrogens with zero attached hydrogens (tertiary/aromatic N) is 2. The Bertz CT molecular complexity index is 910. The first-order valence-corrected chi connectivity index (χ1v) is 16.4. The van der Waals surface area contributed by atoms with Crippen LogP contribution in [0.3, 0.4) is 0 Å². The number of carbonyl (C=O) groups excluding carboxylic acids is 2. The molecule has 0 aliphatic rings. The Kier molecular flexibility index (Phi) is 19.6. The van der Waals surface area contributed by atoms with E-state index in [0.717, 1.165) is 50.9 Å². The molecular formula is C34H61N5O4. The van der Waals surface area contributed by atoms with Crippen molar-refractivity contribution in [2.45, 2.75) is 136 Å². The van der Waals surface area contributed by atoms with Gasteiger partial charge in [0.1, 0.15) is 11.2 Å². The molecule has 9 heteroatoms. The SMILES string of the molecule is CC(C)(C)OC(=O)NC(=NCCCCCCCCNCCCCCCCCN)N(Cc1ccccc1)C(=O)OC(C)(C)C. The number of unbranched alkanes of at least 4 members (excludes halogenated alkanes) is 10. The van der Waals surface area contributed by atoms with Gasteiger partial charge in [-0.2, -0.15) is 0 Å². The molecule has 0 fully saturated rings. The minimum absolute atomic E-state index is 0.133. The van der Waals surface area contributed by atoms with E-state index in [1.807, 2.05) is 51.1 Å². The van der Waals surface area contributed by atoms with Gasteiger partial charge in [-0.25, -0.2) is 14.5 Å². The first-order valence-electron chi connectivity index (χ1n) is 16.4. The number of aliphatic imine (C=N–C) groups is 1. The third-order valence-electron chi connectivity index (χ3n) is 6.50. The third-order valence-corrected chi connectivity index (χ3v) is 6.50. The van der Waals surface area contributed by atoms with E-state index >= 15 is 0 Å². The fourth-order valence-corrected chi connectivity index (χ4v) is 4.38. The molecule has 0 atom stereocenters. The molecule has 0 saturated carbocycles. The maximum atomic E-state index is 13.3. The van der Waals surface area contributed by atoms with Gasteiger partial charge in [-0.3, -0.25) is 10.3 Å². The van der Waals surface area contributed by atoms with Crippen molar-refractivity contribution in [1.82, 2.24) is 15.5 Å². The number of carbonyl (C=O) groups is 2. The van der Waals surface area contributed by atoms with Crippen molar-refractivity contribution in [1.29, 1.82) is 0 Å². The summed E-state index contributed by atoms with van der Waals surface area (Å²) in [6.45, 7) is 14.5. The van der Waals surface area contributed by atoms with Crippen LogP contribution in [0.25, 0.3) is 0 Å². The summed E-state index contributed by atoms with van der Waals surface area (Å²) in [7, 11) is 0. The van der Waals surface area contributed by atoms with Gasteiger partial charge in [-0.05, 0) is 92.4 Å². The summed E-state index contributed by atoms with van der Waals surface area (Å²) in [6.07, 6.45) is 13.0. The molecule has 0 saturated heterocycles. The van der Waals surface area contributed by atoms with E-state index in [-0.39, 0.29) is 12.5 Å². The van der Waals surface area contributed by atoms with Crippen molar-refractivity contribution in [3.05, 3.63) is 35.9 Å². The summed E-state index contributed by atoms with van der Waals surface area (Å²) in [5.74, 6) is 0.133. The third kappa shape index (κ3) is 21.7. The molecule has 0 aliphatic carbocycles. The molecule has 2 amide bonds. The van der Waals surface area contributed by atoms with Gasteiger partial charge in [0.25, 0.3) is 0 Å². The largest absolute Gasteiger partial charge is 0.444 e. The Morgan fingerprint density at radius 1 is 0.744 bits per heavy atom. The fourth-order valence-electron chi connectivity index (χ4n) is 4.38. The number of nitrogens with two attached hydrogens (primary N) is 1. The van der Waals surface area contributed by atoms with Crippen LogP contribution in [0.1, 0.15) is 124 Å². The average Bonchev–Trinajstić information content (AvgIpc) is 2.91. The zero-order valence-electron chi connectivity index (χ0n) is 28.0. The molecule has 0 aromatic heterocycles. The zero-order valence-corrected chi connectivity index (χ0v) is 28.0. The molecule has 1 aromatic carbocycles. The van der Waals surface area contributed by atoms with Gasteiger partial charge in [0.2, 0.25) is 5.96 Å². The average molecular weight is 604 g/mol. The zero-order chi connectivity index (χ0) is 32.0. The van der Waals surface area contributed by atoms with E-state index in [0.29, 0.717) is 6.54 Å². The molecular weight excluding hydrogens is 542 g/mol. The number of amides is 2. The Hall–Kier alpha value is -2.65. The highest BCUT2D eigenvalue weighted by molar-refractivity contribution is 6.01. The van der Waals surface area contributed by atoms with Crippen LogP contribution in [0.5, 0.6) is 0 Å². The molecule has 246 valence electrons. The number of alkyl carbamates (subject to hydrolysis) is 1. The summed E-state index contributed by atoms with van der Waals surface area (Å²) in [5, 5.41) is 6.28. The molecule has 0 bridgehead atoms. The number of benzene rings is 1. The quantitative estimate of drug-likeness (QED) is 0.0854. The lowest BCUT2D eigenvalue weighted by atomic mass is 10.1. The summed E-state index contributed by atoms with van der Waals surface area (Å²) in [4.78, 5) is 32.0. The predicted molar refractivity (Wildman–Crippen MR) is 177 cm³/mol. The van der Waals surface area contributed by atoms with Gasteiger partial charge < -0.3 is 20.5 Å². The number of ether oxygens (including phenoxy) is 2. The van der Waals surface area contributed by atoms with Crippen molar-refractivity contribution in [3.8, 4) is 0 Å². The van der Waals surface area contributed by atoms with Gasteiger partial charge >= 0.3 is 12.2 Å². The molecule has 0 radical (unpaired) electrons. The molecule has 0 spiro atoms. The number of hydrogen-bond acceptors (Lipinski definition) is 7. The second-order valence-corrected chi connectivity index (χ2v) is 13.2. The van der Waals surface area contributed by atoms with Crippen LogP contribution in [0.15, 0.2) is 35.3 Å². The molecule has 0 heterocycles. The van der Waals surface area contributed by atoms with E-state index in [1.165, 1.54) is 56.3 Å². The summed E-state index contributed by atoms with van der Waals surface area (Å²) >= 11 is 0. The number of hydrogen-bond donors (Lipinski definition) is 3. The van der Waals surface area contributed by atoms with Crippen LogP contribution in [-0.2, 0) is 16.0 Å². The van der Waals surface area contributed by atoms with Crippen LogP contribution < -0.4 is 16.4 Å². The smallest absolute Gasteiger partial charge is 0.417 e. The maximum Gasteiger partial charge on any atom is 0.417 e. The lowest BCUT2D eigenvalue weighted by Gasteiger charge is -2.29. The topological polar surface area (TPSA) is 118 Å². The van der Waals surface area contributed by atoms with Crippen molar-refractivity contribution >= 4 is 18.1 Å². The lowest BCUT2D eigenvalue weighted by Crippen LogP contribution is -2.49. The van der Waals surface area contributed by atoms with E-state index in [4.69, 9.17) is 15.2 Å². The number of rotatable bonds is 19. The highest BCUT2D eigenvalue weighted by atomic mass is 16.6. The predicted octanol–water partition coefficient (Wildman–Crippen LogP) is 7.53.